The molecule has 0 radical (unpaired) electrons. The van der Waals surface area contributed by atoms with Crippen LogP contribution >= 0.6 is 0 Å². The summed E-state index contributed by atoms with van der Waals surface area (Å²) in [6, 6.07) is 6.72. The van der Waals surface area contributed by atoms with Crippen LogP contribution in [0.25, 0.3) is 0 Å². The summed E-state index contributed by atoms with van der Waals surface area (Å²) in [6.07, 6.45) is 0.191. The molecule has 3 heteroatoms. The molecule has 0 aliphatic carbocycles. The highest BCUT2D eigenvalue weighted by molar-refractivity contribution is 5.30. The third-order valence-electron chi connectivity index (χ3n) is 2.33. The van der Waals surface area contributed by atoms with Crippen molar-refractivity contribution in [3.8, 4) is 11.5 Å². The summed E-state index contributed by atoms with van der Waals surface area (Å²) in [4.78, 5) is 0. The van der Waals surface area contributed by atoms with Gasteiger partial charge in [-0.05, 0) is 38.1 Å². The Hall–Kier alpha value is -1.22. The van der Waals surface area contributed by atoms with E-state index in [1.807, 2.05) is 13.8 Å². The van der Waals surface area contributed by atoms with Crippen LogP contribution in [0.5, 0.6) is 11.5 Å². The number of ether oxygens (including phenoxy) is 2. The van der Waals surface area contributed by atoms with Crippen LogP contribution in [0.2, 0.25) is 0 Å². The van der Waals surface area contributed by atoms with Gasteiger partial charge in [-0.3, -0.25) is 0 Å². The number of hydrogen-bond acceptors (Lipinski definition) is 3. The quantitative estimate of drug-likeness (QED) is 0.748. The second-order valence-corrected chi connectivity index (χ2v) is 4.02. The van der Waals surface area contributed by atoms with Crippen molar-refractivity contribution in [1.29, 1.82) is 0 Å². The fraction of sp³-hybridized carbons (Fsp3) is 0.455. The molecule has 76 valence electrons. The summed E-state index contributed by atoms with van der Waals surface area (Å²) in [5.41, 5.74) is -0.295. The molecule has 0 saturated carbocycles. The molecule has 1 N–H and O–H groups in total. The fourth-order valence-corrected chi connectivity index (χ4v) is 1.33. The highest BCUT2D eigenvalue weighted by atomic mass is 16.6. The van der Waals surface area contributed by atoms with Gasteiger partial charge in [0.25, 0.3) is 0 Å². The Morgan fingerprint density at radius 3 is 2.43 bits per heavy atom. The molecule has 1 aromatic rings. The zero-order valence-electron chi connectivity index (χ0n) is 8.36. The predicted molar refractivity (Wildman–Crippen MR) is 52.6 cm³/mol. The Morgan fingerprint density at radius 1 is 1.36 bits per heavy atom. The van der Waals surface area contributed by atoms with Crippen LogP contribution in [-0.4, -0.2) is 23.4 Å². The molecular weight excluding hydrogens is 180 g/mol. The Bertz CT molecular complexity index is 312. The van der Waals surface area contributed by atoms with Crippen molar-refractivity contribution in [2.75, 3.05) is 6.61 Å². The van der Waals surface area contributed by atoms with Gasteiger partial charge in [0.05, 0.1) is 6.61 Å². The van der Waals surface area contributed by atoms with Gasteiger partial charge in [-0.25, -0.2) is 0 Å². The van der Waals surface area contributed by atoms with E-state index >= 15 is 0 Å². The third-order valence-corrected chi connectivity index (χ3v) is 2.33. The summed E-state index contributed by atoms with van der Waals surface area (Å²) >= 11 is 0. The normalized spacial score (nSPS) is 20.6. The minimum absolute atomic E-state index is 0.191. The zero-order chi connectivity index (χ0) is 10.2. The summed E-state index contributed by atoms with van der Waals surface area (Å²) in [5.74, 6) is 1.00. The largest absolute Gasteiger partial charge is 0.508 e. The summed E-state index contributed by atoms with van der Waals surface area (Å²) in [5, 5.41) is 9.10. The Balaban J connectivity index is 2.06. The second-order valence-electron chi connectivity index (χ2n) is 4.02. The third kappa shape index (κ3) is 1.99. The molecule has 14 heavy (non-hydrogen) atoms. The first-order chi connectivity index (χ1) is 6.58. The minimum Gasteiger partial charge on any atom is -0.508 e. The Morgan fingerprint density at radius 2 is 1.93 bits per heavy atom. The average Bonchev–Trinajstić information content (AvgIpc) is 2.91. The van der Waals surface area contributed by atoms with Crippen molar-refractivity contribution in [2.45, 2.75) is 25.6 Å². The number of phenolic OH excluding ortho intramolecular Hbond substituents is 1. The molecule has 1 aliphatic heterocycles. The summed E-state index contributed by atoms with van der Waals surface area (Å²) < 4.78 is 10.9. The van der Waals surface area contributed by atoms with E-state index in [0.717, 1.165) is 12.4 Å². The maximum atomic E-state index is 9.10. The van der Waals surface area contributed by atoms with Gasteiger partial charge in [-0.15, -0.1) is 0 Å². The number of hydrogen-bond donors (Lipinski definition) is 1. The standard InChI is InChI=1S/C11H14O3/c1-11(2,10-7-13-10)14-9-5-3-8(12)4-6-9/h3-6,10,12H,7H2,1-2H3. The van der Waals surface area contributed by atoms with Crippen molar-refractivity contribution in [1.82, 2.24) is 0 Å². The highest BCUT2D eigenvalue weighted by Gasteiger charge is 2.41. The molecule has 1 aromatic carbocycles. The zero-order valence-corrected chi connectivity index (χ0v) is 8.36. The van der Waals surface area contributed by atoms with E-state index < -0.39 is 0 Å². The first-order valence-corrected chi connectivity index (χ1v) is 4.67. The lowest BCUT2D eigenvalue weighted by molar-refractivity contribution is 0.0743. The highest BCUT2D eigenvalue weighted by Crippen LogP contribution is 2.29. The van der Waals surface area contributed by atoms with E-state index in [0.29, 0.717) is 0 Å². The Kier molecular flexibility index (Phi) is 2.11. The molecule has 1 saturated heterocycles. The number of aromatic hydroxyl groups is 1. The molecular formula is C11H14O3. The van der Waals surface area contributed by atoms with E-state index in [9.17, 15) is 0 Å². The minimum atomic E-state index is -0.295. The first-order valence-electron chi connectivity index (χ1n) is 4.67. The predicted octanol–water partition coefficient (Wildman–Crippen LogP) is 1.95. The van der Waals surface area contributed by atoms with Crippen LogP contribution in [0.15, 0.2) is 24.3 Å². The topological polar surface area (TPSA) is 42.0 Å². The van der Waals surface area contributed by atoms with Crippen LogP contribution in [0.4, 0.5) is 0 Å². The van der Waals surface area contributed by atoms with Crippen molar-refractivity contribution in [2.24, 2.45) is 0 Å². The molecule has 0 bridgehead atoms. The maximum Gasteiger partial charge on any atom is 0.132 e. The van der Waals surface area contributed by atoms with Crippen LogP contribution < -0.4 is 4.74 Å². The van der Waals surface area contributed by atoms with Gasteiger partial charge in [0.15, 0.2) is 0 Å². The van der Waals surface area contributed by atoms with E-state index in [2.05, 4.69) is 0 Å². The first kappa shape index (κ1) is 9.34. The monoisotopic (exact) mass is 194 g/mol. The molecule has 3 nitrogen and oxygen atoms in total. The van der Waals surface area contributed by atoms with Crippen LogP contribution in [0, 0.1) is 0 Å². The van der Waals surface area contributed by atoms with Gasteiger partial charge in [0, 0.05) is 0 Å². The second kappa shape index (κ2) is 3.17. The number of phenols is 1. The van der Waals surface area contributed by atoms with Gasteiger partial charge in [-0.2, -0.15) is 0 Å². The van der Waals surface area contributed by atoms with Gasteiger partial charge in [0.1, 0.15) is 23.2 Å². The van der Waals surface area contributed by atoms with Gasteiger partial charge in [-0.1, -0.05) is 0 Å². The van der Waals surface area contributed by atoms with Gasteiger partial charge >= 0.3 is 0 Å². The average molecular weight is 194 g/mol. The molecule has 1 unspecified atom stereocenters. The molecule has 1 heterocycles. The molecule has 1 fully saturated rings. The lowest BCUT2D eigenvalue weighted by atomic mass is 10.1. The van der Waals surface area contributed by atoms with Crippen molar-refractivity contribution >= 4 is 0 Å². The molecule has 1 aliphatic rings. The SMILES string of the molecule is CC(C)(Oc1ccc(O)cc1)C1CO1. The number of epoxide rings is 1. The van der Waals surface area contributed by atoms with Crippen molar-refractivity contribution < 1.29 is 14.6 Å². The fourth-order valence-electron chi connectivity index (χ4n) is 1.33. The molecule has 0 amide bonds. The summed E-state index contributed by atoms with van der Waals surface area (Å²) in [7, 11) is 0. The lowest BCUT2D eigenvalue weighted by Crippen LogP contribution is -2.34. The van der Waals surface area contributed by atoms with Crippen molar-refractivity contribution in [3.63, 3.8) is 0 Å². The molecule has 1 atom stereocenters. The molecule has 0 spiro atoms. The molecule has 0 aromatic heterocycles. The van der Waals surface area contributed by atoms with Crippen LogP contribution in [0.3, 0.4) is 0 Å². The van der Waals surface area contributed by atoms with Gasteiger partial charge < -0.3 is 14.6 Å². The maximum absolute atomic E-state index is 9.10. The smallest absolute Gasteiger partial charge is 0.132 e. The van der Waals surface area contributed by atoms with E-state index in [-0.39, 0.29) is 17.5 Å². The van der Waals surface area contributed by atoms with Crippen LogP contribution in [0.1, 0.15) is 13.8 Å². The van der Waals surface area contributed by atoms with E-state index in [4.69, 9.17) is 14.6 Å². The summed E-state index contributed by atoms with van der Waals surface area (Å²) in [6.45, 7) is 4.76. The van der Waals surface area contributed by atoms with E-state index in [1.165, 1.54) is 0 Å². The number of rotatable bonds is 3. The lowest BCUT2D eigenvalue weighted by Gasteiger charge is -2.24. The van der Waals surface area contributed by atoms with Gasteiger partial charge in [0.2, 0.25) is 0 Å². The van der Waals surface area contributed by atoms with Crippen molar-refractivity contribution in [3.05, 3.63) is 24.3 Å². The number of benzene rings is 1. The van der Waals surface area contributed by atoms with E-state index in [1.54, 1.807) is 24.3 Å². The van der Waals surface area contributed by atoms with Crippen LogP contribution in [-0.2, 0) is 4.74 Å². The Labute approximate surface area is 83.3 Å². The molecule has 2 rings (SSSR count).